The van der Waals surface area contributed by atoms with Crippen LogP contribution in [0.1, 0.15) is 144 Å². The van der Waals surface area contributed by atoms with Gasteiger partial charge in [0.2, 0.25) is 0 Å². The molecule has 2 aliphatic heterocycles. The second-order valence-corrected chi connectivity index (χ2v) is 22.6. The number of fused-ring (bicyclic) bond motifs is 2. The summed E-state index contributed by atoms with van der Waals surface area (Å²) < 4.78 is 28.7. The molecule has 0 spiro atoms. The Morgan fingerprint density at radius 2 is 0.646 bits per heavy atom. The minimum Gasteiger partial charge on any atom is -0.457 e. The maximum absolute atomic E-state index is 16.2. The van der Waals surface area contributed by atoms with Gasteiger partial charge in [0.25, 0.3) is 17.7 Å². The molecule has 0 saturated carbocycles. The number of rotatable bonds is 14. The summed E-state index contributed by atoms with van der Waals surface area (Å²) in [6.07, 6.45) is -1.51. The van der Waals surface area contributed by atoms with E-state index in [1.165, 1.54) is 9.80 Å². The van der Waals surface area contributed by atoms with Crippen molar-refractivity contribution in [1.29, 1.82) is 0 Å². The van der Waals surface area contributed by atoms with Crippen molar-refractivity contribution >= 4 is 72.2 Å². The fraction of sp³-hybridized carbons (Fsp3) is 0.181. The molecule has 10 heteroatoms. The Balaban J connectivity index is 1.25. The molecule has 1 unspecified atom stereocenters. The van der Waals surface area contributed by atoms with Crippen LogP contribution in [0.5, 0.6) is 46.0 Å². The maximum atomic E-state index is 16.2. The van der Waals surface area contributed by atoms with Crippen molar-refractivity contribution in [1.82, 2.24) is 0 Å². The van der Waals surface area contributed by atoms with Crippen LogP contribution in [0.2, 0.25) is 0 Å². The molecule has 0 aliphatic carbocycles. The van der Waals surface area contributed by atoms with Crippen LogP contribution < -0.4 is 28.7 Å². The average molecular weight is 1080 g/mol. The third-order valence-electron chi connectivity index (χ3n) is 16.1. The number of amides is 3. The van der Waals surface area contributed by atoms with E-state index in [9.17, 15) is 5.11 Å². The van der Waals surface area contributed by atoms with Crippen LogP contribution in [0.15, 0.2) is 182 Å². The Kier molecular flexibility index (Phi) is 12.8. The number of nitrogens with zero attached hydrogens (tertiary/aromatic N) is 2. The van der Waals surface area contributed by atoms with Gasteiger partial charge in [-0.05, 0) is 119 Å². The summed E-state index contributed by atoms with van der Waals surface area (Å²) in [6.45, 7) is 16.6. The summed E-state index contributed by atoms with van der Waals surface area (Å²) in [5, 5.41) is 17.1. The standard InChI is InChI=1S/C72H60N2O8/c1-39(2)47-31-21-32-48(40(3)4)67(47)73-69(75)51-35-55(79-43-23-13-9-14-24-43)61-63-57(81-45-27-17-11-18-28-45)37-53-60-54(72(78)74(71(53)77)68-49(41(5)6)33-22-34-50(68)42(7)8)38-58(82-46-29-19-12-20-30-46)64(66(60)63)62-56(80-44-25-15-10-16-26-44)36-52(70(73)76)59(51)65(61)62/h9-42,69,75H,1-8H3. The normalized spacial score (nSPS) is 14.3. The SMILES string of the molecule is CC(C)c1cccc(C(C)C)c1N1C(=O)c2cc(Oc3ccccc3)c3c4c(Oc5ccccc5)cc5c6c(cc(Oc7ccccc7)c(c7c(Oc8ccccc8)cc(c2c37)C1=O)c64)C(O)N(c1c(C(C)C)cccc1C(C)C)C5=O. The van der Waals surface area contributed by atoms with Gasteiger partial charge in [0.15, 0.2) is 6.23 Å². The predicted octanol–water partition coefficient (Wildman–Crippen LogP) is 18.9. The van der Waals surface area contributed by atoms with Gasteiger partial charge in [-0.2, -0.15) is 0 Å². The second-order valence-electron chi connectivity index (χ2n) is 22.6. The van der Waals surface area contributed by atoms with E-state index < -0.39 is 23.9 Å². The molecular formula is C72H60N2O8. The molecule has 2 heterocycles. The van der Waals surface area contributed by atoms with Crippen LogP contribution in [0.3, 0.4) is 0 Å². The van der Waals surface area contributed by atoms with Crippen molar-refractivity contribution in [3.05, 3.63) is 226 Å². The molecular weight excluding hydrogens is 1020 g/mol. The fourth-order valence-electron chi connectivity index (χ4n) is 12.4. The van der Waals surface area contributed by atoms with E-state index in [0.29, 0.717) is 88.8 Å². The summed E-state index contributed by atoms with van der Waals surface area (Å²) in [6, 6.07) is 56.5. The Labute approximate surface area is 476 Å². The number of benzene rings is 11. The van der Waals surface area contributed by atoms with Crippen molar-refractivity contribution in [2.75, 3.05) is 9.80 Å². The molecule has 1 N–H and O–H groups in total. The lowest BCUT2D eigenvalue weighted by Gasteiger charge is -2.38. The van der Waals surface area contributed by atoms with E-state index >= 15 is 14.4 Å². The van der Waals surface area contributed by atoms with Crippen LogP contribution in [-0.2, 0) is 0 Å². The third-order valence-corrected chi connectivity index (χ3v) is 16.1. The van der Waals surface area contributed by atoms with Crippen LogP contribution in [0, 0.1) is 0 Å². The van der Waals surface area contributed by atoms with Crippen molar-refractivity contribution < 1.29 is 38.4 Å². The number of aliphatic hydroxyl groups is 1. The number of anilines is 2. The Bertz CT molecular complexity index is 4200. The van der Waals surface area contributed by atoms with Crippen molar-refractivity contribution in [2.24, 2.45) is 0 Å². The van der Waals surface area contributed by atoms with Crippen LogP contribution in [-0.4, -0.2) is 22.8 Å². The minimum absolute atomic E-state index is 0.0165. The number of ether oxygens (including phenoxy) is 4. The number of para-hydroxylation sites is 6. The van der Waals surface area contributed by atoms with Gasteiger partial charge in [0.1, 0.15) is 46.0 Å². The topological polar surface area (TPSA) is 115 Å². The first-order chi connectivity index (χ1) is 39.7. The van der Waals surface area contributed by atoms with Gasteiger partial charge in [0.05, 0.1) is 28.1 Å². The first-order valence-electron chi connectivity index (χ1n) is 28.1. The van der Waals surface area contributed by atoms with Crippen LogP contribution in [0.25, 0.3) is 43.1 Å². The first kappa shape index (κ1) is 51.9. The lowest BCUT2D eigenvalue weighted by atomic mass is 9.80. The van der Waals surface area contributed by atoms with Crippen LogP contribution >= 0.6 is 0 Å². The zero-order valence-corrected chi connectivity index (χ0v) is 46.9. The maximum Gasteiger partial charge on any atom is 0.266 e. The average Bonchev–Trinajstić information content (AvgIpc) is 1.49. The molecule has 2 aliphatic rings. The van der Waals surface area contributed by atoms with Gasteiger partial charge in [0, 0.05) is 48.7 Å². The number of aliphatic hydroxyl groups excluding tert-OH is 1. The smallest absolute Gasteiger partial charge is 0.266 e. The third kappa shape index (κ3) is 8.30. The predicted molar refractivity (Wildman–Crippen MR) is 326 cm³/mol. The van der Waals surface area contributed by atoms with Gasteiger partial charge in [-0.1, -0.05) is 165 Å². The molecule has 406 valence electrons. The summed E-state index contributed by atoms with van der Waals surface area (Å²) >= 11 is 0. The Hall–Kier alpha value is -9.51. The van der Waals surface area contributed by atoms with Gasteiger partial charge in [-0.3, -0.25) is 19.3 Å². The quantitative estimate of drug-likeness (QED) is 0.0650. The molecule has 10 nitrogen and oxygen atoms in total. The molecule has 1 atom stereocenters. The van der Waals surface area contributed by atoms with Crippen molar-refractivity contribution in [3.8, 4) is 46.0 Å². The largest absolute Gasteiger partial charge is 0.457 e. The molecule has 13 rings (SSSR count). The van der Waals surface area contributed by atoms with E-state index in [0.717, 1.165) is 22.3 Å². The highest BCUT2D eigenvalue weighted by atomic mass is 16.5. The molecule has 0 aromatic heterocycles. The highest BCUT2D eigenvalue weighted by Gasteiger charge is 2.44. The van der Waals surface area contributed by atoms with E-state index in [2.05, 4.69) is 55.4 Å². The monoisotopic (exact) mass is 1080 g/mol. The zero-order chi connectivity index (χ0) is 56.8. The molecule has 0 saturated heterocycles. The summed E-state index contributed by atoms with van der Waals surface area (Å²) in [5.41, 5.74) is 5.87. The van der Waals surface area contributed by atoms with Crippen LogP contribution in [0.4, 0.5) is 11.4 Å². The Morgan fingerprint density at radius 3 is 0.988 bits per heavy atom. The van der Waals surface area contributed by atoms with Gasteiger partial charge < -0.3 is 24.1 Å². The number of hydrogen-bond acceptors (Lipinski definition) is 8. The number of hydrogen-bond donors (Lipinski definition) is 1. The number of carbonyl (C=O) groups excluding carboxylic acids is 3. The molecule has 0 radical (unpaired) electrons. The lowest BCUT2D eigenvalue weighted by Crippen LogP contribution is -2.42. The highest BCUT2D eigenvalue weighted by Crippen LogP contribution is 2.59. The van der Waals surface area contributed by atoms with E-state index in [-0.39, 0.29) is 57.6 Å². The molecule has 3 amide bonds. The molecule has 11 aromatic rings. The molecule has 0 fully saturated rings. The summed E-state index contributed by atoms with van der Waals surface area (Å²) in [4.78, 5) is 51.3. The summed E-state index contributed by atoms with van der Waals surface area (Å²) in [7, 11) is 0. The summed E-state index contributed by atoms with van der Waals surface area (Å²) in [5.74, 6) is 1.45. The van der Waals surface area contributed by atoms with Gasteiger partial charge >= 0.3 is 0 Å². The highest BCUT2D eigenvalue weighted by molar-refractivity contribution is 6.46. The van der Waals surface area contributed by atoms with Gasteiger partial charge in [-0.25, -0.2) is 4.90 Å². The first-order valence-corrected chi connectivity index (χ1v) is 28.1. The minimum atomic E-state index is -1.51. The fourth-order valence-corrected chi connectivity index (χ4v) is 12.4. The molecule has 0 bridgehead atoms. The van der Waals surface area contributed by atoms with Crippen molar-refractivity contribution in [3.63, 3.8) is 0 Å². The second kappa shape index (κ2) is 20.2. The molecule has 82 heavy (non-hydrogen) atoms. The number of imide groups is 1. The van der Waals surface area contributed by atoms with E-state index in [1.54, 1.807) is 18.2 Å². The van der Waals surface area contributed by atoms with E-state index in [1.807, 2.05) is 164 Å². The lowest BCUT2D eigenvalue weighted by molar-refractivity contribution is 0.0870. The number of carbonyl (C=O) groups is 3. The van der Waals surface area contributed by atoms with Gasteiger partial charge in [-0.15, -0.1) is 0 Å². The van der Waals surface area contributed by atoms with E-state index in [4.69, 9.17) is 18.9 Å². The Morgan fingerprint density at radius 1 is 0.341 bits per heavy atom. The van der Waals surface area contributed by atoms with Crippen molar-refractivity contribution in [2.45, 2.75) is 85.3 Å². The zero-order valence-electron chi connectivity index (χ0n) is 46.9. The molecule has 11 aromatic carbocycles.